The molecule has 0 fully saturated rings. The average Bonchev–Trinajstić information content (AvgIpc) is 2.38. The zero-order valence-electron chi connectivity index (χ0n) is 9.42. The molecule has 1 aromatic heterocycles. The number of pyridine rings is 1. The molecule has 0 atom stereocenters. The molecule has 0 amide bonds. The second-order valence-electron chi connectivity index (χ2n) is 3.66. The summed E-state index contributed by atoms with van der Waals surface area (Å²) in [7, 11) is 0. The fourth-order valence-electron chi connectivity index (χ4n) is 1.45. The van der Waals surface area contributed by atoms with Crippen LogP contribution in [0.25, 0.3) is 6.08 Å². The van der Waals surface area contributed by atoms with Crippen LogP contribution in [0.4, 0.5) is 0 Å². The van der Waals surface area contributed by atoms with Crippen LogP contribution in [0.1, 0.15) is 16.1 Å². The van der Waals surface area contributed by atoms with Crippen molar-refractivity contribution in [1.82, 2.24) is 0 Å². The van der Waals surface area contributed by atoms with Crippen LogP contribution in [-0.4, -0.2) is 5.78 Å². The molecule has 2 aromatic rings. The summed E-state index contributed by atoms with van der Waals surface area (Å²) < 4.78 is 1.54. The van der Waals surface area contributed by atoms with E-state index in [1.807, 2.05) is 24.3 Å². The van der Waals surface area contributed by atoms with Crippen molar-refractivity contribution in [3.05, 3.63) is 75.7 Å². The maximum Gasteiger partial charge on any atom is 0.264 e. The molecule has 0 aliphatic carbocycles. The second kappa shape index (κ2) is 5.60. The fourth-order valence-corrected chi connectivity index (χ4v) is 1.71. The number of allylic oxidation sites excluding steroid dienone is 1. The van der Waals surface area contributed by atoms with E-state index in [1.165, 1.54) is 18.3 Å². The van der Waals surface area contributed by atoms with E-state index >= 15 is 0 Å². The number of carbonyl (C=O) groups excluding carboxylic acids is 1. The Morgan fingerprint density at radius 3 is 2.56 bits per heavy atom. The first-order valence-corrected chi connectivity index (χ1v) is 6.12. The van der Waals surface area contributed by atoms with E-state index in [0.29, 0.717) is 4.73 Å². The summed E-state index contributed by atoms with van der Waals surface area (Å²) in [4.78, 5) is 11.8. The van der Waals surface area contributed by atoms with Crippen molar-refractivity contribution in [2.75, 3.05) is 0 Å². The molecule has 0 saturated carbocycles. The second-order valence-corrected chi connectivity index (χ2v) is 4.58. The third-order valence-electron chi connectivity index (χ3n) is 2.37. The molecule has 0 radical (unpaired) electrons. The van der Waals surface area contributed by atoms with Crippen LogP contribution in [0, 0.1) is 5.21 Å². The summed E-state index contributed by atoms with van der Waals surface area (Å²) in [5.74, 6) is -0.312. The summed E-state index contributed by atoms with van der Waals surface area (Å²) in [6.45, 7) is 0. The lowest BCUT2D eigenvalue weighted by molar-refractivity contribution is -0.607. The Labute approximate surface area is 113 Å². The molecule has 4 heteroatoms. The largest absolute Gasteiger partial charge is 0.618 e. The van der Waals surface area contributed by atoms with E-state index < -0.39 is 0 Å². The average molecular weight is 304 g/mol. The Morgan fingerprint density at radius 1 is 1.17 bits per heavy atom. The molecule has 3 nitrogen and oxygen atoms in total. The first-order chi connectivity index (χ1) is 8.66. The van der Waals surface area contributed by atoms with Crippen LogP contribution >= 0.6 is 15.9 Å². The fraction of sp³-hybridized carbons (Fsp3) is 0. The van der Waals surface area contributed by atoms with Gasteiger partial charge in [-0.3, -0.25) is 4.79 Å². The van der Waals surface area contributed by atoms with Crippen molar-refractivity contribution in [3.63, 3.8) is 0 Å². The van der Waals surface area contributed by atoms with Crippen LogP contribution in [0.2, 0.25) is 0 Å². The van der Waals surface area contributed by atoms with E-state index in [-0.39, 0.29) is 11.5 Å². The Kier molecular flexibility index (Phi) is 3.89. The van der Waals surface area contributed by atoms with Gasteiger partial charge in [0.2, 0.25) is 0 Å². The third kappa shape index (κ3) is 3.05. The van der Waals surface area contributed by atoms with Gasteiger partial charge in [-0.1, -0.05) is 34.1 Å². The van der Waals surface area contributed by atoms with Crippen molar-refractivity contribution >= 4 is 27.8 Å². The molecule has 0 bridgehead atoms. The van der Waals surface area contributed by atoms with E-state index in [4.69, 9.17) is 0 Å². The first kappa shape index (κ1) is 12.5. The summed E-state index contributed by atoms with van der Waals surface area (Å²) in [5, 5.41) is 11.4. The molecular weight excluding hydrogens is 294 g/mol. The summed E-state index contributed by atoms with van der Waals surface area (Å²) in [6.07, 6.45) is 4.38. The van der Waals surface area contributed by atoms with Crippen molar-refractivity contribution in [3.8, 4) is 0 Å². The standard InChI is InChI=1S/C14H10BrNO2/c15-12-7-4-11(5-8-12)6-9-14(17)13-3-1-2-10-16(13)18/h1-10H/b9-6+. The summed E-state index contributed by atoms with van der Waals surface area (Å²) >= 11 is 3.34. The quantitative estimate of drug-likeness (QED) is 0.379. The maximum absolute atomic E-state index is 11.8. The van der Waals surface area contributed by atoms with Crippen molar-refractivity contribution in [1.29, 1.82) is 0 Å². The zero-order valence-corrected chi connectivity index (χ0v) is 11.0. The van der Waals surface area contributed by atoms with Crippen molar-refractivity contribution in [2.45, 2.75) is 0 Å². The highest BCUT2D eigenvalue weighted by atomic mass is 79.9. The zero-order chi connectivity index (χ0) is 13.0. The Bertz CT molecular complexity index is 591. The van der Waals surface area contributed by atoms with Gasteiger partial charge in [0.05, 0.1) is 0 Å². The molecule has 1 aromatic carbocycles. The minimum Gasteiger partial charge on any atom is -0.618 e. The predicted molar refractivity (Wildman–Crippen MR) is 72.9 cm³/mol. The van der Waals surface area contributed by atoms with Crippen LogP contribution < -0.4 is 4.73 Å². The molecular formula is C14H10BrNO2. The lowest BCUT2D eigenvalue weighted by Crippen LogP contribution is -2.33. The highest BCUT2D eigenvalue weighted by Gasteiger charge is 2.10. The van der Waals surface area contributed by atoms with Crippen LogP contribution in [0.15, 0.2) is 59.2 Å². The normalized spacial score (nSPS) is 10.7. The minimum absolute atomic E-state index is 0.117. The Hall–Kier alpha value is -1.94. The lowest BCUT2D eigenvalue weighted by Gasteiger charge is -1.99. The molecule has 0 unspecified atom stereocenters. The van der Waals surface area contributed by atoms with Crippen LogP contribution in [0.3, 0.4) is 0 Å². The molecule has 18 heavy (non-hydrogen) atoms. The molecule has 1 heterocycles. The molecule has 0 aliphatic heterocycles. The van der Waals surface area contributed by atoms with Gasteiger partial charge in [-0.25, -0.2) is 0 Å². The topological polar surface area (TPSA) is 44.0 Å². The lowest BCUT2D eigenvalue weighted by atomic mass is 10.1. The van der Waals surface area contributed by atoms with Gasteiger partial charge in [0, 0.05) is 16.6 Å². The highest BCUT2D eigenvalue weighted by molar-refractivity contribution is 9.10. The van der Waals surface area contributed by atoms with Crippen LogP contribution in [0.5, 0.6) is 0 Å². The van der Waals surface area contributed by atoms with E-state index in [1.54, 1.807) is 18.2 Å². The van der Waals surface area contributed by atoms with Gasteiger partial charge >= 0.3 is 0 Å². The molecule has 90 valence electrons. The molecule has 0 saturated heterocycles. The smallest absolute Gasteiger partial charge is 0.264 e. The third-order valence-corrected chi connectivity index (χ3v) is 2.90. The van der Waals surface area contributed by atoms with E-state index in [0.717, 1.165) is 10.0 Å². The van der Waals surface area contributed by atoms with Crippen molar-refractivity contribution < 1.29 is 9.52 Å². The molecule has 0 aliphatic rings. The number of benzene rings is 1. The number of aromatic nitrogens is 1. The van der Waals surface area contributed by atoms with Gasteiger partial charge in [0.1, 0.15) is 0 Å². The van der Waals surface area contributed by atoms with Crippen LogP contribution in [-0.2, 0) is 0 Å². The van der Waals surface area contributed by atoms with Gasteiger partial charge in [0.25, 0.3) is 11.5 Å². The predicted octanol–water partition coefficient (Wildman–Crippen LogP) is 2.98. The highest BCUT2D eigenvalue weighted by Crippen LogP contribution is 2.11. The van der Waals surface area contributed by atoms with Gasteiger partial charge in [-0.05, 0) is 29.8 Å². The van der Waals surface area contributed by atoms with Gasteiger partial charge < -0.3 is 5.21 Å². The molecule has 0 spiro atoms. The van der Waals surface area contributed by atoms with Crippen molar-refractivity contribution in [2.24, 2.45) is 0 Å². The molecule has 0 N–H and O–H groups in total. The van der Waals surface area contributed by atoms with E-state index in [9.17, 15) is 10.0 Å². The maximum atomic E-state index is 11.8. The molecule has 2 rings (SSSR count). The number of rotatable bonds is 3. The van der Waals surface area contributed by atoms with E-state index in [2.05, 4.69) is 15.9 Å². The van der Waals surface area contributed by atoms with Gasteiger partial charge in [0.15, 0.2) is 6.20 Å². The number of hydrogen-bond donors (Lipinski definition) is 0. The summed E-state index contributed by atoms with van der Waals surface area (Å²) in [6, 6.07) is 12.3. The summed E-state index contributed by atoms with van der Waals surface area (Å²) in [5.41, 5.74) is 1.02. The SMILES string of the molecule is O=C(/C=C/c1ccc(Br)cc1)c1cccc[n+]1[O-]. The number of carbonyl (C=O) groups is 1. The monoisotopic (exact) mass is 303 g/mol. The van der Waals surface area contributed by atoms with Gasteiger partial charge in [-0.2, -0.15) is 4.73 Å². The Balaban J connectivity index is 2.17. The Morgan fingerprint density at radius 2 is 1.89 bits per heavy atom. The number of halogens is 1. The van der Waals surface area contributed by atoms with Gasteiger partial charge in [-0.15, -0.1) is 0 Å². The number of ketones is 1. The first-order valence-electron chi connectivity index (χ1n) is 5.33. The minimum atomic E-state index is -0.312. The number of hydrogen-bond acceptors (Lipinski definition) is 2. The number of nitrogens with zero attached hydrogens (tertiary/aromatic N) is 1.